The van der Waals surface area contributed by atoms with Crippen LogP contribution >= 0.6 is 38.4 Å². The molecule has 20 heteroatoms. The van der Waals surface area contributed by atoms with Crippen molar-refractivity contribution in [2.75, 3.05) is 26.4 Å². The van der Waals surface area contributed by atoms with Crippen LogP contribution in [0.25, 0.3) is 6.08 Å². The molecular formula is C34H37Cl2F5N2O9P2. The SMILES string of the molecule is CCOP(=O)(OCC)C(NC(=O)C(Cc1ccc(OCc2c(Cl)cccc2Cl)cc1)NC(=O)/C=C/c1c(F)c(F)c(F)c(F)c1F)P(=O)(OCC)OCC. The summed E-state index contributed by atoms with van der Waals surface area (Å²) in [5.74, 6) is -13.3. The lowest BCUT2D eigenvalue weighted by Crippen LogP contribution is -2.50. The number of halogens is 7. The fraction of sp³-hybridized carbons (Fsp3) is 0.353. The lowest BCUT2D eigenvalue weighted by molar-refractivity contribution is -0.127. The Kier molecular flexibility index (Phi) is 17.1. The molecule has 0 aliphatic heterocycles. The van der Waals surface area contributed by atoms with Gasteiger partial charge in [0, 0.05) is 28.1 Å². The van der Waals surface area contributed by atoms with Crippen LogP contribution in [0.4, 0.5) is 22.0 Å². The summed E-state index contributed by atoms with van der Waals surface area (Å²) in [7, 11) is -9.07. The van der Waals surface area contributed by atoms with Gasteiger partial charge in [-0.15, -0.1) is 0 Å². The van der Waals surface area contributed by atoms with Gasteiger partial charge in [-0.3, -0.25) is 18.7 Å². The largest absolute Gasteiger partial charge is 0.489 e. The summed E-state index contributed by atoms with van der Waals surface area (Å²) in [6, 6.07) is 9.40. The minimum absolute atomic E-state index is 0.00907. The van der Waals surface area contributed by atoms with E-state index in [-0.39, 0.29) is 39.5 Å². The highest BCUT2D eigenvalue weighted by Gasteiger charge is 2.52. The normalized spacial score (nSPS) is 12.7. The predicted octanol–water partition coefficient (Wildman–Crippen LogP) is 8.94. The van der Waals surface area contributed by atoms with Crippen LogP contribution in [0.1, 0.15) is 44.4 Å². The Morgan fingerprint density at radius 3 is 1.65 bits per heavy atom. The van der Waals surface area contributed by atoms with Crippen molar-refractivity contribution in [3.63, 3.8) is 0 Å². The number of amides is 2. The monoisotopic (exact) mass is 844 g/mol. The molecule has 1 atom stereocenters. The van der Waals surface area contributed by atoms with Crippen molar-refractivity contribution in [3.05, 3.63) is 104 Å². The van der Waals surface area contributed by atoms with E-state index in [1.165, 1.54) is 52.0 Å². The molecule has 0 aliphatic carbocycles. The molecule has 3 rings (SSSR count). The van der Waals surface area contributed by atoms with E-state index in [2.05, 4.69) is 10.6 Å². The number of rotatable bonds is 20. The summed E-state index contributed by atoms with van der Waals surface area (Å²) in [6.45, 7) is 4.99. The predicted molar refractivity (Wildman–Crippen MR) is 192 cm³/mol. The van der Waals surface area contributed by atoms with Gasteiger partial charge in [-0.1, -0.05) is 41.4 Å². The lowest BCUT2D eigenvalue weighted by Gasteiger charge is -2.32. The summed E-state index contributed by atoms with van der Waals surface area (Å²) in [6.07, 6.45) is 0.430. The zero-order chi connectivity index (χ0) is 40.2. The first-order valence-corrected chi connectivity index (χ1v) is 20.3. The zero-order valence-electron chi connectivity index (χ0n) is 29.3. The molecule has 0 spiro atoms. The fourth-order valence-corrected chi connectivity index (χ4v) is 10.2. The quantitative estimate of drug-likeness (QED) is 0.0375. The fourth-order valence-electron chi connectivity index (χ4n) is 4.78. The van der Waals surface area contributed by atoms with E-state index in [0.29, 0.717) is 39.1 Å². The molecule has 0 saturated carbocycles. The number of hydrogen-bond acceptors (Lipinski definition) is 9. The summed E-state index contributed by atoms with van der Waals surface area (Å²) >= 11 is 12.4. The van der Waals surface area contributed by atoms with Gasteiger partial charge in [0.1, 0.15) is 18.4 Å². The molecule has 2 amide bonds. The number of hydrogen-bond donors (Lipinski definition) is 2. The minimum atomic E-state index is -4.54. The third-order valence-electron chi connectivity index (χ3n) is 7.19. The van der Waals surface area contributed by atoms with Gasteiger partial charge in [0.15, 0.2) is 23.3 Å². The Hall–Kier alpha value is -3.33. The topological polar surface area (TPSA) is 138 Å². The Morgan fingerprint density at radius 1 is 0.722 bits per heavy atom. The molecule has 0 aliphatic rings. The van der Waals surface area contributed by atoms with Crippen LogP contribution in [0, 0.1) is 29.1 Å². The average Bonchev–Trinajstić information content (AvgIpc) is 3.12. The van der Waals surface area contributed by atoms with Crippen LogP contribution in [0.3, 0.4) is 0 Å². The van der Waals surface area contributed by atoms with Gasteiger partial charge in [-0.25, -0.2) is 22.0 Å². The van der Waals surface area contributed by atoms with Gasteiger partial charge in [-0.2, -0.15) is 0 Å². The van der Waals surface area contributed by atoms with Gasteiger partial charge in [0.05, 0.1) is 32.0 Å². The molecule has 0 saturated heterocycles. The van der Waals surface area contributed by atoms with Crippen molar-refractivity contribution in [1.29, 1.82) is 0 Å². The summed E-state index contributed by atoms with van der Waals surface area (Å²) < 4.78 is 125. The standard InChI is InChI=1S/C34H37Cl2F5N2O9P2/c1-5-49-53(46,50-6-2)34(54(47,51-7-3)52-8-4)43-33(45)26(42-27(44)17-16-22-28(37)30(39)32(41)31(40)29(22)38)18-20-12-14-21(15-13-20)48-19-23-24(35)10-9-11-25(23)36/h9-17,26,34H,5-8,18-19H2,1-4H3,(H,42,44)(H,43,45)/b17-16+. The van der Waals surface area contributed by atoms with E-state index in [1.807, 2.05) is 0 Å². The lowest BCUT2D eigenvalue weighted by atomic mass is 10.0. The number of ether oxygens (including phenoxy) is 1. The van der Waals surface area contributed by atoms with E-state index in [9.17, 15) is 40.7 Å². The first kappa shape index (κ1) is 45.1. The first-order chi connectivity index (χ1) is 25.5. The summed E-state index contributed by atoms with van der Waals surface area (Å²) in [5.41, 5.74) is -2.55. The molecule has 0 heterocycles. The Balaban J connectivity index is 2.00. The maximum Gasteiger partial charge on any atom is 0.365 e. The summed E-state index contributed by atoms with van der Waals surface area (Å²) in [5, 5.41) is 5.36. The van der Waals surface area contributed by atoms with E-state index in [1.54, 1.807) is 18.2 Å². The van der Waals surface area contributed by atoms with Crippen LogP contribution in [-0.2, 0) is 49.8 Å². The van der Waals surface area contributed by atoms with Crippen LogP contribution in [0.15, 0.2) is 48.5 Å². The van der Waals surface area contributed by atoms with Gasteiger partial charge in [0.25, 0.3) is 0 Å². The Labute approximate surface area is 318 Å². The van der Waals surface area contributed by atoms with Crippen LogP contribution in [0.5, 0.6) is 5.75 Å². The van der Waals surface area contributed by atoms with Crippen LogP contribution < -0.4 is 15.4 Å². The van der Waals surface area contributed by atoms with Gasteiger partial charge >= 0.3 is 15.2 Å². The van der Waals surface area contributed by atoms with E-state index >= 15 is 0 Å². The molecule has 3 aromatic rings. The Bertz CT molecular complexity index is 1830. The molecule has 0 aromatic heterocycles. The molecular weight excluding hydrogens is 808 g/mol. The molecule has 1 unspecified atom stereocenters. The summed E-state index contributed by atoms with van der Waals surface area (Å²) in [4.78, 5) is 27.0. The highest BCUT2D eigenvalue weighted by atomic mass is 35.5. The number of carbonyl (C=O) groups is 2. The second kappa shape index (κ2) is 20.5. The van der Waals surface area contributed by atoms with Crippen LogP contribution in [-0.4, -0.2) is 49.8 Å². The first-order valence-electron chi connectivity index (χ1n) is 16.3. The second-order valence-electron chi connectivity index (χ2n) is 10.8. The zero-order valence-corrected chi connectivity index (χ0v) is 32.6. The van der Waals surface area contributed by atoms with E-state index < -0.39 is 73.2 Å². The van der Waals surface area contributed by atoms with Crippen molar-refractivity contribution in [1.82, 2.24) is 10.6 Å². The van der Waals surface area contributed by atoms with E-state index in [0.717, 1.165) is 0 Å². The number of benzene rings is 3. The Morgan fingerprint density at radius 2 is 1.19 bits per heavy atom. The van der Waals surface area contributed by atoms with Gasteiger partial charge in [0.2, 0.25) is 23.2 Å². The van der Waals surface area contributed by atoms with Crippen molar-refractivity contribution < 1.29 is 63.5 Å². The number of carbonyl (C=O) groups excluding carboxylic acids is 2. The maximum absolute atomic E-state index is 14.3. The maximum atomic E-state index is 14.3. The second-order valence-corrected chi connectivity index (χ2v) is 16.3. The third kappa shape index (κ3) is 11.4. The van der Waals surface area contributed by atoms with Gasteiger partial charge < -0.3 is 33.5 Å². The van der Waals surface area contributed by atoms with E-state index in [4.69, 9.17) is 46.0 Å². The van der Waals surface area contributed by atoms with Crippen molar-refractivity contribution in [3.8, 4) is 5.75 Å². The van der Waals surface area contributed by atoms with Crippen molar-refractivity contribution in [2.24, 2.45) is 0 Å². The third-order valence-corrected chi connectivity index (χ3v) is 13.5. The molecule has 54 heavy (non-hydrogen) atoms. The highest BCUT2D eigenvalue weighted by Crippen LogP contribution is 2.69. The number of nitrogens with one attached hydrogen (secondary N) is 2. The molecule has 3 aromatic carbocycles. The van der Waals surface area contributed by atoms with Crippen molar-refractivity contribution >= 4 is 56.3 Å². The van der Waals surface area contributed by atoms with Crippen molar-refractivity contribution in [2.45, 2.75) is 52.3 Å². The molecule has 0 radical (unpaired) electrons. The molecule has 0 bridgehead atoms. The highest BCUT2D eigenvalue weighted by molar-refractivity contribution is 7.72. The smallest absolute Gasteiger partial charge is 0.365 e. The average molecular weight is 846 g/mol. The minimum Gasteiger partial charge on any atom is -0.489 e. The molecule has 0 fully saturated rings. The van der Waals surface area contributed by atoms with Crippen LogP contribution in [0.2, 0.25) is 10.0 Å². The van der Waals surface area contributed by atoms with Gasteiger partial charge in [-0.05, 0) is 63.6 Å². The molecule has 296 valence electrons. The molecule has 11 nitrogen and oxygen atoms in total. The molecule has 2 N–H and O–H groups in total.